The molecule has 1 aliphatic rings. The van der Waals surface area contributed by atoms with Gasteiger partial charge in [0, 0.05) is 12.1 Å². The lowest BCUT2D eigenvalue weighted by atomic mass is 10.1. The molecule has 1 fully saturated rings. The molecule has 0 heterocycles. The molecule has 1 aromatic carbocycles. The molecule has 110 valence electrons. The number of alkyl halides is 3. The Bertz CT molecular complexity index is 512. The maximum Gasteiger partial charge on any atom is 0.406 e. The summed E-state index contributed by atoms with van der Waals surface area (Å²) in [6.07, 6.45) is -3.35. The van der Waals surface area contributed by atoms with Crippen molar-refractivity contribution in [1.29, 1.82) is 0 Å². The van der Waals surface area contributed by atoms with Crippen LogP contribution in [0, 0.1) is 0 Å². The SMILES string of the molecule is COc1ccc(C(=O)N(CC(F)(F)F)C2CC2)c(O)c1. The van der Waals surface area contributed by atoms with E-state index in [0.717, 1.165) is 4.90 Å². The molecule has 0 aliphatic heterocycles. The minimum atomic E-state index is -4.46. The highest BCUT2D eigenvalue weighted by molar-refractivity contribution is 5.97. The maximum atomic E-state index is 12.5. The van der Waals surface area contributed by atoms with Crippen LogP contribution in [0.5, 0.6) is 11.5 Å². The van der Waals surface area contributed by atoms with Crippen LogP contribution in [-0.2, 0) is 0 Å². The number of ether oxygens (including phenoxy) is 1. The molecular formula is C13H14F3NO3. The molecule has 2 rings (SSSR count). The molecule has 1 N–H and O–H groups in total. The Hall–Kier alpha value is -1.92. The van der Waals surface area contributed by atoms with Gasteiger partial charge in [0.15, 0.2) is 0 Å². The van der Waals surface area contributed by atoms with Crippen LogP contribution in [0.4, 0.5) is 13.2 Å². The first kappa shape index (κ1) is 14.5. The standard InChI is InChI=1S/C13H14F3NO3/c1-20-9-4-5-10(11(18)6-9)12(19)17(8-2-3-8)7-13(14,15)16/h4-6,8,18H,2-3,7H2,1H3. The highest BCUT2D eigenvalue weighted by atomic mass is 19.4. The molecule has 1 aromatic rings. The van der Waals surface area contributed by atoms with Gasteiger partial charge in [-0.1, -0.05) is 0 Å². The number of carbonyl (C=O) groups is 1. The number of rotatable bonds is 4. The molecule has 0 spiro atoms. The molecule has 0 bridgehead atoms. The van der Waals surface area contributed by atoms with E-state index in [1.807, 2.05) is 0 Å². The van der Waals surface area contributed by atoms with Crippen LogP contribution in [0.3, 0.4) is 0 Å². The lowest BCUT2D eigenvalue weighted by Crippen LogP contribution is -2.40. The van der Waals surface area contributed by atoms with Gasteiger partial charge >= 0.3 is 6.18 Å². The monoisotopic (exact) mass is 289 g/mol. The lowest BCUT2D eigenvalue weighted by molar-refractivity contribution is -0.141. The van der Waals surface area contributed by atoms with Crippen molar-refractivity contribution >= 4 is 5.91 Å². The largest absolute Gasteiger partial charge is 0.507 e. The summed E-state index contributed by atoms with van der Waals surface area (Å²) in [4.78, 5) is 12.9. The minimum absolute atomic E-state index is 0.151. The highest BCUT2D eigenvalue weighted by Gasteiger charge is 2.41. The van der Waals surface area contributed by atoms with Gasteiger partial charge in [0.2, 0.25) is 0 Å². The summed E-state index contributed by atoms with van der Waals surface area (Å²) < 4.78 is 42.4. The number of nitrogens with zero attached hydrogens (tertiary/aromatic N) is 1. The molecule has 7 heteroatoms. The zero-order valence-corrected chi connectivity index (χ0v) is 10.8. The predicted octanol–water partition coefficient (Wildman–Crippen LogP) is 2.57. The Morgan fingerprint density at radius 2 is 2.10 bits per heavy atom. The van der Waals surface area contributed by atoms with Crippen molar-refractivity contribution in [2.75, 3.05) is 13.7 Å². The van der Waals surface area contributed by atoms with Crippen molar-refractivity contribution in [1.82, 2.24) is 4.90 Å². The summed E-state index contributed by atoms with van der Waals surface area (Å²) in [5.74, 6) is -0.875. The quantitative estimate of drug-likeness (QED) is 0.926. The van der Waals surface area contributed by atoms with Crippen LogP contribution in [0.2, 0.25) is 0 Å². The Morgan fingerprint density at radius 1 is 1.45 bits per heavy atom. The normalized spacial score (nSPS) is 15.0. The van der Waals surface area contributed by atoms with Crippen molar-refractivity contribution < 1.29 is 27.8 Å². The van der Waals surface area contributed by atoms with Gasteiger partial charge in [0.25, 0.3) is 5.91 Å². The number of phenols is 1. The van der Waals surface area contributed by atoms with E-state index in [4.69, 9.17) is 4.74 Å². The van der Waals surface area contributed by atoms with Gasteiger partial charge in [-0.2, -0.15) is 13.2 Å². The van der Waals surface area contributed by atoms with Gasteiger partial charge in [-0.05, 0) is 25.0 Å². The summed E-state index contributed by atoms with van der Waals surface area (Å²) in [5.41, 5.74) is -0.151. The second kappa shape index (κ2) is 5.22. The predicted molar refractivity (Wildman–Crippen MR) is 64.8 cm³/mol. The first-order valence-corrected chi connectivity index (χ1v) is 6.06. The number of benzene rings is 1. The van der Waals surface area contributed by atoms with Crippen LogP contribution in [0.15, 0.2) is 18.2 Å². The summed E-state index contributed by atoms with van der Waals surface area (Å²) in [7, 11) is 1.39. The van der Waals surface area contributed by atoms with Gasteiger partial charge in [-0.15, -0.1) is 0 Å². The van der Waals surface area contributed by atoms with Crippen molar-refractivity contribution in [3.63, 3.8) is 0 Å². The van der Waals surface area contributed by atoms with E-state index < -0.39 is 24.7 Å². The van der Waals surface area contributed by atoms with Crippen LogP contribution < -0.4 is 4.74 Å². The van der Waals surface area contributed by atoms with E-state index in [1.165, 1.54) is 25.3 Å². The summed E-state index contributed by atoms with van der Waals surface area (Å²) >= 11 is 0. The second-order valence-electron chi connectivity index (χ2n) is 4.66. The Labute approximate surface area is 113 Å². The first-order valence-electron chi connectivity index (χ1n) is 6.06. The highest BCUT2D eigenvalue weighted by Crippen LogP contribution is 2.33. The zero-order valence-electron chi connectivity index (χ0n) is 10.8. The van der Waals surface area contributed by atoms with Gasteiger partial charge in [-0.3, -0.25) is 4.79 Å². The first-order chi connectivity index (χ1) is 9.31. The van der Waals surface area contributed by atoms with Crippen LogP contribution in [0.1, 0.15) is 23.2 Å². The number of carbonyl (C=O) groups excluding carboxylic acids is 1. The van der Waals surface area contributed by atoms with Crippen LogP contribution in [-0.4, -0.2) is 41.8 Å². The maximum absolute atomic E-state index is 12.5. The van der Waals surface area contributed by atoms with E-state index in [1.54, 1.807) is 0 Å². The van der Waals surface area contributed by atoms with E-state index >= 15 is 0 Å². The number of hydrogen-bond acceptors (Lipinski definition) is 3. The molecule has 0 aromatic heterocycles. The smallest absolute Gasteiger partial charge is 0.406 e. The lowest BCUT2D eigenvalue weighted by Gasteiger charge is -2.24. The van der Waals surface area contributed by atoms with Crippen molar-refractivity contribution in [2.24, 2.45) is 0 Å². The third-order valence-electron chi connectivity index (χ3n) is 3.03. The number of methoxy groups -OCH3 is 1. The van der Waals surface area contributed by atoms with Crippen LogP contribution in [0.25, 0.3) is 0 Å². The van der Waals surface area contributed by atoms with Gasteiger partial charge in [-0.25, -0.2) is 0 Å². The number of hydrogen-bond donors (Lipinski definition) is 1. The molecule has 1 amide bonds. The molecule has 1 saturated carbocycles. The third-order valence-corrected chi connectivity index (χ3v) is 3.03. The van der Waals surface area contributed by atoms with Crippen LogP contribution >= 0.6 is 0 Å². The number of phenolic OH excluding ortho intramolecular Hbond substituents is 1. The number of amides is 1. The fourth-order valence-electron chi connectivity index (χ4n) is 1.92. The molecular weight excluding hydrogens is 275 g/mol. The molecule has 0 unspecified atom stereocenters. The van der Waals surface area contributed by atoms with E-state index in [-0.39, 0.29) is 11.3 Å². The molecule has 20 heavy (non-hydrogen) atoms. The molecule has 4 nitrogen and oxygen atoms in total. The van der Waals surface area contributed by atoms with Gasteiger partial charge in [0.1, 0.15) is 18.0 Å². The topological polar surface area (TPSA) is 49.8 Å². The number of aromatic hydroxyl groups is 1. The van der Waals surface area contributed by atoms with Gasteiger partial charge in [0.05, 0.1) is 12.7 Å². The zero-order chi connectivity index (χ0) is 14.9. The minimum Gasteiger partial charge on any atom is -0.507 e. The van der Waals surface area contributed by atoms with Crippen molar-refractivity contribution in [3.8, 4) is 11.5 Å². The van der Waals surface area contributed by atoms with Crippen molar-refractivity contribution in [3.05, 3.63) is 23.8 Å². The van der Waals surface area contributed by atoms with Gasteiger partial charge < -0.3 is 14.7 Å². The summed E-state index contributed by atoms with van der Waals surface area (Å²) in [6.45, 7) is -1.30. The van der Waals surface area contributed by atoms with E-state index in [9.17, 15) is 23.1 Å². The van der Waals surface area contributed by atoms with E-state index in [2.05, 4.69) is 0 Å². The van der Waals surface area contributed by atoms with Crippen molar-refractivity contribution in [2.45, 2.75) is 25.1 Å². The second-order valence-corrected chi connectivity index (χ2v) is 4.66. The molecule has 0 saturated heterocycles. The Kier molecular flexibility index (Phi) is 3.78. The summed E-state index contributed by atoms with van der Waals surface area (Å²) in [6, 6.07) is 3.49. The average molecular weight is 289 g/mol. The molecule has 0 radical (unpaired) electrons. The summed E-state index contributed by atoms with van der Waals surface area (Å²) in [5, 5.41) is 9.73. The fraction of sp³-hybridized carbons (Fsp3) is 0.462. The Balaban J connectivity index is 2.23. The molecule has 1 aliphatic carbocycles. The average Bonchev–Trinajstić information content (AvgIpc) is 3.18. The third kappa shape index (κ3) is 3.34. The Morgan fingerprint density at radius 3 is 2.55 bits per heavy atom. The fourth-order valence-corrected chi connectivity index (χ4v) is 1.92. The van der Waals surface area contributed by atoms with E-state index in [0.29, 0.717) is 18.6 Å². The number of halogens is 3. The molecule has 0 atom stereocenters.